The van der Waals surface area contributed by atoms with Crippen molar-refractivity contribution in [2.24, 2.45) is 0 Å². The van der Waals surface area contributed by atoms with Crippen molar-refractivity contribution in [1.29, 1.82) is 0 Å². The SMILES string of the molecule is Bc1ccc(OC2CNC2)cn1. The van der Waals surface area contributed by atoms with Crippen LogP contribution in [0.4, 0.5) is 0 Å². The van der Waals surface area contributed by atoms with E-state index in [0.717, 1.165) is 24.4 Å². The number of pyridine rings is 1. The summed E-state index contributed by atoms with van der Waals surface area (Å²) in [7, 11) is 1.97. The van der Waals surface area contributed by atoms with Crippen molar-refractivity contribution in [2.45, 2.75) is 6.10 Å². The molecular weight excluding hydrogens is 151 g/mol. The van der Waals surface area contributed by atoms with Crippen LogP contribution in [0.15, 0.2) is 18.3 Å². The molecule has 1 saturated heterocycles. The second-order valence-electron chi connectivity index (χ2n) is 3.03. The highest BCUT2D eigenvalue weighted by Gasteiger charge is 2.17. The van der Waals surface area contributed by atoms with E-state index >= 15 is 0 Å². The second-order valence-corrected chi connectivity index (χ2v) is 3.03. The van der Waals surface area contributed by atoms with E-state index in [2.05, 4.69) is 10.3 Å². The molecule has 0 atom stereocenters. The minimum absolute atomic E-state index is 0.342. The summed E-state index contributed by atoms with van der Waals surface area (Å²) >= 11 is 0. The Kier molecular flexibility index (Phi) is 2.00. The van der Waals surface area contributed by atoms with Crippen molar-refractivity contribution in [3.05, 3.63) is 18.3 Å². The average Bonchev–Trinajstić information content (AvgIpc) is 2.00. The zero-order valence-corrected chi connectivity index (χ0v) is 7.08. The summed E-state index contributed by atoms with van der Waals surface area (Å²) in [4.78, 5) is 4.15. The maximum absolute atomic E-state index is 5.58. The van der Waals surface area contributed by atoms with Gasteiger partial charge in [0.2, 0.25) is 0 Å². The van der Waals surface area contributed by atoms with Gasteiger partial charge in [0, 0.05) is 13.1 Å². The lowest BCUT2D eigenvalue weighted by Crippen LogP contribution is -2.50. The van der Waals surface area contributed by atoms with E-state index in [0.29, 0.717) is 6.10 Å². The first kappa shape index (κ1) is 7.62. The van der Waals surface area contributed by atoms with Gasteiger partial charge in [-0.3, -0.25) is 4.98 Å². The van der Waals surface area contributed by atoms with Crippen LogP contribution >= 0.6 is 0 Å². The third-order valence-electron chi connectivity index (χ3n) is 1.93. The van der Waals surface area contributed by atoms with Gasteiger partial charge in [-0.05, 0) is 17.7 Å². The molecule has 0 unspecified atom stereocenters. The summed E-state index contributed by atoms with van der Waals surface area (Å²) in [5.41, 5.74) is 1.02. The van der Waals surface area contributed by atoms with Crippen LogP contribution in [0.3, 0.4) is 0 Å². The minimum Gasteiger partial charge on any atom is -0.486 e. The quantitative estimate of drug-likeness (QED) is 0.548. The van der Waals surface area contributed by atoms with Crippen LogP contribution in [-0.4, -0.2) is 32.0 Å². The van der Waals surface area contributed by atoms with Gasteiger partial charge in [-0.2, -0.15) is 0 Å². The fourth-order valence-corrected chi connectivity index (χ4v) is 1.06. The monoisotopic (exact) mass is 162 g/mol. The van der Waals surface area contributed by atoms with Crippen molar-refractivity contribution in [1.82, 2.24) is 10.3 Å². The van der Waals surface area contributed by atoms with Crippen molar-refractivity contribution < 1.29 is 4.74 Å². The Morgan fingerprint density at radius 2 is 2.33 bits per heavy atom. The number of nitrogens with one attached hydrogen (secondary N) is 1. The molecule has 3 nitrogen and oxygen atoms in total. The van der Waals surface area contributed by atoms with E-state index in [9.17, 15) is 0 Å². The summed E-state index contributed by atoms with van der Waals surface area (Å²) in [5.74, 6) is 0.868. The van der Waals surface area contributed by atoms with E-state index in [4.69, 9.17) is 4.74 Å². The van der Waals surface area contributed by atoms with Gasteiger partial charge in [-0.25, -0.2) is 0 Å². The Hall–Kier alpha value is -1.03. The van der Waals surface area contributed by atoms with Crippen LogP contribution in [0.5, 0.6) is 5.75 Å². The van der Waals surface area contributed by atoms with Gasteiger partial charge in [0.05, 0.1) is 6.20 Å². The lowest BCUT2D eigenvalue weighted by molar-refractivity contribution is 0.142. The first-order valence-electron chi connectivity index (χ1n) is 4.14. The zero-order valence-electron chi connectivity index (χ0n) is 7.08. The van der Waals surface area contributed by atoms with Crippen LogP contribution in [-0.2, 0) is 0 Å². The first-order chi connectivity index (χ1) is 5.84. The Bertz CT molecular complexity index is 258. The van der Waals surface area contributed by atoms with E-state index < -0.39 is 0 Å². The molecule has 0 amide bonds. The molecule has 1 N–H and O–H groups in total. The van der Waals surface area contributed by atoms with Crippen molar-refractivity contribution in [3.63, 3.8) is 0 Å². The van der Waals surface area contributed by atoms with Crippen molar-refractivity contribution in [3.8, 4) is 5.75 Å². The highest BCUT2D eigenvalue weighted by atomic mass is 16.5. The summed E-state index contributed by atoms with van der Waals surface area (Å²) in [6.07, 6.45) is 2.11. The van der Waals surface area contributed by atoms with Crippen LogP contribution in [0, 0.1) is 0 Å². The molecule has 0 spiro atoms. The highest BCUT2D eigenvalue weighted by Crippen LogP contribution is 2.09. The molecule has 1 aliphatic heterocycles. The number of ether oxygens (including phenoxy) is 1. The first-order valence-corrected chi connectivity index (χ1v) is 4.14. The van der Waals surface area contributed by atoms with Gasteiger partial charge in [0.15, 0.2) is 7.85 Å². The fraction of sp³-hybridized carbons (Fsp3) is 0.375. The van der Waals surface area contributed by atoms with Crippen LogP contribution in [0.25, 0.3) is 0 Å². The molecule has 2 heterocycles. The smallest absolute Gasteiger partial charge is 0.163 e. The van der Waals surface area contributed by atoms with E-state index in [1.54, 1.807) is 6.20 Å². The largest absolute Gasteiger partial charge is 0.486 e. The van der Waals surface area contributed by atoms with Gasteiger partial charge >= 0.3 is 0 Å². The Morgan fingerprint density at radius 1 is 1.50 bits per heavy atom. The van der Waals surface area contributed by atoms with Crippen LogP contribution in [0.2, 0.25) is 0 Å². The maximum atomic E-state index is 5.58. The number of hydrogen-bond acceptors (Lipinski definition) is 3. The molecule has 0 radical (unpaired) electrons. The van der Waals surface area contributed by atoms with E-state index in [-0.39, 0.29) is 0 Å². The second kappa shape index (κ2) is 3.15. The predicted octanol–water partition coefficient (Wildman–Crippen LogP) is -1.31. The molecule has 0 aromatic carbocycles. The highest BCUT2D eigenvalue weighted by molar-refractivity contribution is 6.30. The van der Waals surface area contributed by atoms with Crippen LogP contribution in [0.1, 0.15) is 0 Å². The van der Waals surface area contributed by atoms with E-state index in [1.807, 2.05) is 20.0 Å². The molecule has 62 valence electrons. The van der Waals surface area contributed by atoms with Gasteiger partial charge in [0.1, 0.15) is 11.9 Å². The lowest BCUT2D eigenvalue weighted by Gasteiger charge is -2.27. The molecule has 0 aliphatic carbocycles. The molecular formula is C8H11BN2O. The third kappa shape index (κ3) is 1.59. The van der Waals surface area contributed by atoms with Gasteiger partial charge < -0.3 is 10.1 Å². The Morgan fingerprint density at radius 3 is 2.83 bits per heavy atom. The summed E-state index contributed by atoms with van der Waals surface area (Å²) in [6, 6.07) is 3.92. The molecule has 1 aliphatic rings. The molecule has 1 aromatic rings. The standard InChI is InChI=1S/C8H11BN2O/c9-8-2-1-6(5-11-8)12-7-3-10-4-7/h1-2,5,7,10H,3-4,9H2. The van der Waals surface area contributed by atoms with Gasteiger partial charge in [-0.15, -0.1) is 0 Å². The number of nitrogens with zero attached hydrogens (tertiary/aromatic N) is 1. The maximum Gasteiger partial charge on any atom is 0.163 e. The molecule has 2 rings (SSSR count). The van der Waals surface area contributed by atoms with E-state index in [1.165, 1.54) is 0 Å². The Labute approximate surface area is 72.6 Å². The normalized spacial score (nSPS) is 17.0. The fourth-order valence-electron chi connectivity index (χ4n) is 1.06. The molecule has 12 heavy (non-hydrogen) atoms. The summed E-state index contributed by atoms with van der Waals surface area (Å²) in [6.45, 7) is 1.90. The van der Waals surface area contributed by atoms with Gasteiger partial charge in [-0.1, -0.05) is 0 Å². The van der Waals surface area contributed by atoms with Crippen molar-refractivity contribution >= 4 is 13.4 Å². The molecule has 0 saturated carbocycles. The predicted molar refractivity (Wildman–Crippen MR) is 49.7 cm³/mol. The van der Waals surface area contributed by atoms with Crippen molar-refractivity contribution in [2.75, 3.05) is 13.1 Å². The molecule has 4 heteroatoms. The average molecular weight is 162 g/mol. The lowest BCUT2D eigenvalue weighted by atomic mass is 10.0. The number of rotatable bonds is 2. The topological polar surface area (TPSA) is 34.1 Å². The third-order valence-corrected chi connectivity index (χ3v) is 1.93. The summed E-state index contributed by atoms with van der Waals surface area (Å²) in [5, 5.41) is 3.15. The molecule has 0 bridgehead atoms. The zero-order chi connectivity index (χ0) is 8.39. The van der Waals surface area contributed by atoms with Gasteiger partial charge in [0.25, 0.3) is 0 Å². The van der Waals surface area contributed by atoms with Crippen LogP contribution < -0.4 is 15.6 Å². The number of hydrogen-bond donors (Lipinski definition) is 1. The molecule has 1 fully saturated rings. The number of aromatic nitrogens is 1. The minimum atomic E-state index is 0.342. The Balaban J connectivity index is 1.98. The molecule has 1 aromatic heterocycles. The summed E-state index contributed by atoms with van der Waals surface area (Å²) < 4.78 is 5.58.